The highest BCUT2D eigenvalue weighted by Crippen LogP contribution is 2.28. The van der Waals surface area contributed by atoms with Gasteiger partial charge in [-0.3, -0.25) is 10.0 Å². The maximum Gasteiger partial charge on any atom is 0.331 e. The number of carbonyl (C=O) groups excluding carboxylic acids is 2. The zero-order valence-electron chi connectivity index (χ0n) is 16.1. The van der Waals surface area contributed by atoms with Crippen LogP contribution in [0.3, 0.4) is 0 Å². The van der Waals surface area contributed by atoms with Gasteiger partial charge in [-0.15, -0.1) is 0 Å². The number of phenols is 1. The quantitative estimate of drug-likeness (QED) is 0.255. The van der Waals surface area contributed by atoms with Gasteiger partial charge in [-0.2, -0.15) is 0 Å². The van der Waals surface area contributed by atoms with Crippen LogP contribution in [0.1, 0.15) is 11.1 Å². The molecular formula is C21H23NO7. The molecule has 8 nitrogen and oxygen atoms in total. The second kappa shape index (κ2) is 10.7. The monoisotopic (exact) mass is 401 g/mol. The highest BCUT2D eigenvalue weighted by molar-refractivity contribution is 5.87. The minimum Gasteiger partial charge on any atom is -0.508 e. The van der Waals surface area contributed by atoms with Crippen LogP contribution in [0, 0.1) is 0 Å². The standard InChI is InChI=1S/C21H23NO7/c1-27-17-11-8-15(12-18(17)28-2)13-19(21(25)22-26)29-20(24)5-3-4-14-6-9-16(23)10-7-14/h3,5-12,19,23,26H,4,13H2,1-2H3,(H,22,25)/b5-3+. The number of hydrogen-bond acceptors (Lipinski definition) is 7. The molecule has 2 rings (SSSR count). The minimum atomic E-state index is -1.23. The lowest BCUT2D eigenvalue weighted by Gasteiger charge is -2.16. The van der Waals surface area contributed by atoms with Crippen LogP contribution in [0.4, 0.5) is 0 Å². The number of amides is 1. The van der Waals surface area contributed by atoms with E-state index in [1.807, 2.05) is 0 Å². The molecule has 0 aliphatic rings. The number of benzene rings is 2. The van der Waals surface area contributed by atoms with Gasteiger partial charge in [0.1, 0.15) is 5.75 Å². The van der Waals surface area contributed by atoms with Gasteiger partial charge in [-0.05, 0) is 41.8 Å². The summed E-state index contributed by atoms with van der Waals surface area (Å²) in [5.41, 5.74) is 3.05. The van der Waals surface area contributed by atoms with Gasteiger partial charge < -0.3 is 19.3 Å². The second-order valence-corrected chi connectivity index (χ2v) is 6.07. The molecular weight excluding hydrogens is 378 g/mol. The Bertz CT molecular complexity index is 862. The van der Waals surface area contributed by atoms with Gasteiger partial charge in [-0.25, -0.2) is 10.3 Å². The second-order valence-electron chi connectivity index (χ2n) is 6.07. The Balaban J connectivity index is 2.02. The number of nitrogens with one attached hydrogen (secondary N) is 1. The van der Waals surface area contributed by atoms with E-state index in [4.69, 9.17) is 19.4 Å². The van der Waals surface area contributed by atoms with Crippen molar-refractivity contribution in [3.8, 4) is 17.2 Å². The Kier molecular flexibility index (Phi) is 8.05. The number of carbonyl (C=O) groups is 2. The Hall–Kier alpha value is -3.52. The van der Waals surface area contributed by atoms with Crippen LogP contribution in [0.2, 0.25) is 0 Å². The molecule has 0 saturated heterocycles. The maximum atomic E-state index is 12.1. The molecule has 1 unspecified atom stereocenters. The summed E-state index contributed by atoms with van der Waals surface area (Å²) in [6.07, 6.45) is 2.04. The summed E-state index contributed by atoms with van der Waals surface area (Å²) >= 11 is 0. The predicted octanol–water partition coefficient (Wildman–Crippen LogP) is 2.17. The van der Waals surface area contributed by atoms with E-state index in [0.29, 0.717) is 23.5 Å². The van der Waals surface area contributed by atoms with Crippen molar-refractivity contribution in [1.29, 1.82) is 0 Å². The Morgan fingerprint density at radius 1 is 1.03 bits per heavy atom. The highest BCUT2D eigenvalue weighted by atomic mass is 16.6. The van der Waals surface area contributed by atoms with Gasteiger partial charge in [-0.1, -0.05) is 24.3 Å². The summed E-state index contributed by atoms with van der Waals surface area (Å²) in [5, 5.41) is 18.2. The number of esters is 1. The summed E-state index contributed by atoms with van der Waals surface area (Å²) in [5.74, 6) is -0.426. The number of hydrogen-bond donors (Lipinski definition) is 3. The molecule has 0 fully saturated rings. The first-order valence-corrected chi connectivity index (χ1v) is 8.76. The fourth-order valence-electron chi connectivity index (χ4n) is 2.58. The first kappa shape index (κ1) is 21.8. The van der Waals surface area contributed by atoms with Crippen molar-refractivity contribution in [2.24, 2.45) is 0 Å². The molecule has 154 valence electrons. The molecule has 0 saturated carbocycles. The summed E-state index contributed by atoms with van der Waals surface area (Å²) in [7, 11) is 2.99. The van der Waals surface area contributed by atoms with Crippen molar-refractivity contribution >= 4 is 11.9 Å². The van der Waals surface area contributed by atoms with Crippen LogP contribution >= 0.6 is 0 Å². The predicted molar refractivity (Wildman–Crippen MR) is 104 cm³/mol. The topological polar surface area (TPSA) is 114 Å². The van der Waals surface area contributed by atoms with Crippen molar-refractivity contribution < 1.29 is 34.1 Å². The number of hydroxylamine groups is 1. The van der Waals surface area contributed by atoms with Crippen molar-refractivity contribution in [2.45, 2.75) is 18.9 Å². The lowest BCUT2D eigenvalue weighted by atomic mass is 10.1. The maximum absolute atomic E-state index is 12.1. The normalized spacial score (nSPS) is 11.7. The molecule has 0 radical (unpaired) electrons. The SMILES string of the molecule is COc1ccc(CC(OC(=O)/C=C/Cc2ccc(O)cc2)C(=O)NO)cc1OC. The zero-order valence-corrected chi connectivity index (χ0v) is 16.1. The van der Waals surface area contributed by atoms with Crippen LogP contribution in [0.5, 0.6) is 17.2 Å². The average Bonchev–Trinajstić information content (AvgIpc) is 2.73. The number of ether oxygens (including phenoxy) is 3. The molecule has 0 heterocycles. The number of allylic oxidation sites excluding steroid dienone is 1. The third-order valence-corrected chi connectivity index (χ3v) is 4.07. The molecule has 2 aromatic rings. The Morgan fingerprint density at radius 2 is 1.69 bits per heavy atom. The van der Waals surface area contributed by atoms with E-state index in [0.717, 1.165) is 5.56 Å². The summed E-state index contributed by atoms with van der Waals surface area (Å²) in [6, 6.07) is 11.6. The minimum absolute atomic E-state index is 0.0320. The van der Waals surface area contributed by atoms with E-state index in [-0.39, 0.29) is 12.2 Å². The van der Waals surface area contributed by atoms with Gasteiger partial charge in [0.15, 0.2) is 17.6 Å². The summed E-state index contributed by atoms with van der Waals surface area (Å²) < 4.78 is 15.6. The summed E-state index contributed by atoms with van der Waals surface area (Å²) in [6.45, 7) is 0. The first-order valence-electron chi connectivity index (χ1n) is 8.76. The average molecular weight is 401 g/mol. The molecule has 8 heteroatoms. The van der Waals surface area contributed by atoms with E-state index < -0.39 is 18.0 Å². The van der Waals surface area contributed by atoms with E-state index in [9.17, 15) is 14.7 Å². The van der Waals surface area contributed by atoms with Gasteiger partial charge in [0.2, 0.25) is 0 Å². The largest absolute Gasteiger partial charge is 0.508 e. The van der Waals surface area contributed by atoms with Crippen LogP contribution in [-0.4, -0.2) is 42.5 Å². The number of rotatable bonds is 9. The van der Waals surface area contributed by atoms with E-state index in [2.05, 4.69) is 0 Å². The number of phenolic OH excluding ortho intramolecular Hbond substituents is 1. The molecule has 1 amide bonds. The third-order valence-electron chi connectivity index (χ3n) is 4.07. The molecule has 3 N–H and O–H groups in total. The molecule has 0 aliphatic carbocycles. The van der Waals surface area contributed by atoms with E-state index in [1.54, 1.807) is 48.5 Å². The fraction of sp³-hybridized carbons (Fsp3) is 0.238. The fourth-order valence-corrected chi connectivity index (χ4v) is 2.58. The Morgan fingerprint density at radius 3 is 2.31 bits per heavy atom. The van der Waals surface area contributed by atoms with Gasteiger partial charge >= 0.3 is 5.97 Å². The smallest absolute Gasteiger partial charge is 0.331 e. The molecule has 0 spiro atoms. The first-order chi connectivity index (χ1) is 14.0. The van der Waals surface area contributed by atoms with Crippen LogP contribution in [-0.2, 0) is 27.2 Å². The summed E-state index contributed by atoms with van der Waals surface area (Å²) in [4.78, 5) is 24.0. The van der Waals surface area contributed by atoms with Crippen molar-refractivity contribution in [1.82, 2.24) is 5.48 Å². The van der Waals surface area contributed by atoms with Crippen LogP contribution in [0.25, 0.3) is 0 Å². The highest BCUT2D eigenvalue weighted by Gasteiger charge is 2.23. The molecule has 2 aromatic carbocycles. The van der Waals surface area contributed by atoms with Gasteiger partial charge in [0, 0.05) is 12.5 Å². The lowest BCUT2D eigenvalue weighted by molar-refractivity contribution is -0.155. The van der Waals surface area contributed by atoms with E-state index >= 15 is 0 Å². The van der Waals surface area contributed by atoms with Gasteiger partial charge in [0.25, 0.3) is 5.91 Å². The molecule has 0 bridgehead atoms. The molecule has 0 aromatic heterocycles. The van der Waals surface area contributed by atoms with Crippen LogP contribution in [0.15, 0.2) is 54.6 Å². The molecule has 29 heavy (non-hydrogen) atoms. The van der Waals surface area contributed by atoms with E-state index in [1.165, 1.54) is 25.8 Å². The Labute approximate surface area is 168 Å². The number of aromatic hydroxyl groups is 1. The van der Waals surface area contributed by atoms with Crippen molar-refractivity contribution in [3.05, 3.63) is 65.7 Å². The zero-order chi connectivity index (χ0) is 21.2. The molecule has 0 aliphatic heterocycles. The third kappa shape index (κ3) is 6.54. The van der Waals surface area contributed by atoms with Crippen LogP contribution < -0.4 is 15.0 Å². The van der Waals surface area contributed by atoms with Crippen molar-refractivity contribution in [3.63, 3.8) is 0 Å². The van der Waals surface area contributed by atoms with Gasteiger partial charge in [0.05, 0.1) is 14.2 Å². The number of methoxy groups -OCH3 is 2. The lowest BCUT2D eigenvalue weighted by Crippen LogP contribution is -2.37. The molecule has 1 atom stereocenters. The van der Waals surface area contributed by atoms with Crippen molar-refractivity contribution in [2.75, 3.05) is 14.2 Å².